The molecular formula is C12H14O. The summed E-state index contributed by atoms with van der Waals surface area (Å²) in [6.07, 6.45) is 2.33. The van der Waals surface area contributed by atoms with Crippen LogP contribution in [-0.4, -0.2) is 7.11 Å². The van der Waals surface area contributed by atoms with Crippen LogP contribution in [-0.2, 0) is 4.74 Å². The Bertz CT molecular complexity index is 363. The van der Waals surface area contributed by atoms with E-state index in [1.54, 1.807) is 7.11 Å². The van der Waals surface area contributed by atoms with E-state index in [2.05, 4.69) is 38.1 Å². The van der Waals surface area contributed by atoms with E-state index in [4.69, 9.17) is 4.74 Å². The zero-order valence-electron chi connectivity index (χ0n) is 8.29. The highest BCUT2D eigenvalue weighted by Gasteiger charge is 2.20. The van der Waals surface area contributed by atoms with E-state index in [1.807, 2.05) is 0 Å². The molecule has 0 heterocycles. The van der Waals surface area contributed by atoms with Crippen molar-refractivity contribution in [3.05, 3.63) is 41.0 Å². The molecule has 0 fully saturated rings. The molecule has 1 aliphatic carbocycles. The molecule has 0 aliphatic heterocycles. The van der Waals surface area contributed by atoms with E-state index in [0.717, 1.165) is 0 Å². The molecular weight excluding hydrogens is 160 g/mol. The minimum absolute atomic E-state index is 0.162. The molecule has 0 spiro atoms. The van der Waals surface area contributed by atoms with E-state index < -0.39 is 0 Å². The minimum atomic E-state index is 0.162. The minimum Gasteiger partial charge on any atom is -0.373 e. The molecule has 1 heteroatoms. The van der Waals surface area contributed by atoms with Crippen LogP contribution in [0.5, 0.6) is 0 Å². The number of hydrogen-bond donors (Lipinski definition) is 0. The summed E-state index contributed by atoms with van der Waals surface area (Å²) in [4.78, 5) is 0. The molecule has 0 radical (unpaired) electrons. The van der Waals surface area contributed by atoms with Crippen molar-refractivity contribution in [3.8, 4) is 0 Å². The van der Waals surface area contributed by atoms with Crippen LogP contribution in [0.15, 0.2) is 24.3 Å². The van der Waals surface area contributed by atoms with Crippen molar-refractivity contribution in [2.24, 2.45) is 0 Å². The van der Waals surface area contributed by atoms with Crippen LogP contribution in [0, 0.1) is 6.92 Å². The molecule has 2 rings (SSSR count). The fourth-order valence-electron chi connectivity index (χ4n) is 1.88. The normalized spacial score (nSPS) is 19.9. The Morgan fingerprint density at radius 2 is 2.00 bits per heavy atom. The van der Waals surface area contributed by atoms with Crippen molar-refractivity contribution >= 4 is 5.57 Å². The Labute approximate surface area is 79.0 Å². The number of benzene rings is 1. The van der Waals surface area contributed by atoms with Crippen molar-refractivity contribution in [1.82, 2.24) is 0 Å². The summed E-state index contributed by atoms with van der Waals surface area (Å²) < 4.78 is 5.39. The molecule has 1 aromatic rings. The summed E-state index contributed by atoms with van der Waals surface area (Å²) in [5, 5.41) is 0. The maximum atomic E-state index is 5.39. The number of allylic oxidation sites excluding steroid dienone is 1. The first-order valence-electron chi connectivity index (χ1n) is 4.54. The highest BCUT2D eigenvalue weighted by Crippen LogP contribution is 2.36. The monoisotopic (exact) mass is 174 g/mol. The lowest BCUT2D eigenvalue weighted by Gasteiger charge is -2.09. The number of rotatable bonds is 1. The molecule has 0 saturated carbocycles. The van der Waals surface area contributed by atoms with Gasteiger partial charge in [-0.2, -0.15) is 0 Å². The van der Waals surface area contributed by atoms with Crippen molar-refractivity contribution in [3.63, 3.8) is 0 Å². The molecule has 1 unspecified atom stereocenters. The first kappa shape index (κ1) is 8.52. The van der Waals surface area contributed by atoms with Crippen molar-refractivity contribution in [2.75, 3.05) is 7.11 Å². The smallest absolute Gasteiger partial charge is 0.101 e. The van der Waals surface area contributed by atoms with Crippen molar-refractivity contribution < 1.29 is 4.74 Å². The van der Waals surface area contributed by atoms with Gasteiger partial charge in [-0.15, -0.1) is 0 Å². The van der Waals surface area contributed by atoms with Crippen molar-refractivity contribution in [2.45, 2.75) is 20.0 Å². The molecule has 13 heavy (non-hydrogen) atoms. The van der Waals surface area contributed by atoms with Gasteiger partial charge in [0.1, 0.15) is 6.10 Å². The van der Waals surface area contributed by atoms with Gasteiger partial charge in [-0.05, 0) is 36.6 Å². The third-order valence-corrected chi connectivity index (χ3v) is 2.59. The Morgan fingerprint density at radius 1 is 1.23 bits per heavy atom. The molecule has 68 valence electrons. The van der Waals surface area contributed by atoms with Crippen LogP contribution >= 0.6 is 0 Å². The van der Waals surface area contributed by atoms with Gasteiger partial charge in [0.05, 0.1) is 0 Å². The third-order valence-electron chi connectivity index (χ3n) is 2.59. The van der Waals surface area contributed by atoms with Crippen LogP contribution in [0.3, 0.4) is 0 Å². The maximum absolute atomic E-state index is 5.39. The van der Waals surface area contributed by atoms with E-state index >= 15 is 0 Å². The molecule has 0 aromatic heterocycles. The molecule has 1 nitrogen and oxygen atoms in total. The standard InChI is InChI=1S/C12H14O/c1-8-4-5-10-9(2)7-12(13-3)11(10)6-8/h4-7,12H,1-3H3. The zero-order valence-corrected chi connectivity index (χ0v) is 8.29. The third kappa shape index (κ3) is 1.29. The van der Waals surface area contributed by atoms with Gasteiger partial charge in [-0.3, -0.25) is 0 Å². The first-order chi connectivity index (χ1) is 6.22. The quantitative estimate of drug-likeness (QED) is 0.635. The van der Waals surface area contributed by atoms with Crippen molar-refractivity contribution in [1.29, 1.82) is 0 Å². The number of ether oxygens (including phenoxy) is 1. The summed E-state index contributed by atoms with van der Waals surface area (Å²) in [7, 11) is 1.76. The Morgan fingerprint density at radius 3 is 2.69 bits per heavy atom. The summed E-state index contributed by atoms with van der Waals surface area (Å²) in [6, 6.07) is 6.53. The molecule has 0 saturated heterocycles. The van der Waals surface area contributed by atoms with Crippen LogP contribution in [0.4, 0.5) is 0 Å². The van der Waals surface area contributed by atoms with Crippen LogP contribution in [0.2, 0.25) is 0 Å². The Balaban J connectivity index is 2.53. The van der Waals surface area contributed by atoms with Gasteiger partial charge in [0.2, 0.25) is 0 Å². The van der Waals surface area contributed by atoms with Gasteiger partial charge in [-0.1, -0.05) is 23.8 Å². The van der Waals surface area contributed by atoms with Gasteiger partial charge in [-0.25, -0.2) is 0 Å². The van der Waals surface area contributed by atoms with Crippen LogP contribution in [0.25, 0.3) is 5.57 Å². The molecule has 1 atom stereocenters. The average Bonchev–Trinajstić information content (AvgIpc) is 2.42. The molecule has 0 amide bonds. The number of fused-ring (bicyclic) bond motifs is 1. The summed E-state index contributed by atoms with van der Waals surface area (Å²) in [6.45, 7) is 4.24. The number of aryl methyl sites for hydroxylation is 1. The lowest BCUT2D eigenvalue weighted by Crippen LogP contribution is -1.95. The molecule has 1 aliphatic rings. The van der Waals surface area contributed by atoms with E-state index in [9.17, 15) is 0 Å². The molecule has 0 bridgehead atoms. The average molecular weight is 174 g/mol. The van der Waals surface area contributed by atoms with E-state index in [-0.39, 0.29) is 6.10 Å². The topological polar surface area (TPSA) is 9.23 Å². The highest BCUT2D eigenvalue weighted by molar-refractivity contribution is 5.73. The lowest BCUT2D eigenvalue weighted by atomic mass is 10.0. The van der Waals surface area contributed by atoms with Gasteiger partial charge in [0, 0.05) is 7.11 Å². The highest BCUT2D eigenvalue weighted by atomic mass is 16.5. The SMILES string of the molecule is COC1C=C(C)c2ccc(C)cc21. The van der Waals surface area contributed by atoms with Crippen LogP contribution < -0.4 is 0 Å². The van der Waals surface area contributed by atoms with Gasteiger partial charge in [0.15, 0.2) is 0 Å². The second-order valence-corrected chi connectivity index (χ2v) is 3.60. The summed E-state index contributed by atoms with van der Waals surface area (Å²) in [5.74, 6) is 0. The maximum Gasteiger partial charge on any atom is 0.101 e. The summed E-state index contributed by atoms with van der Waals surface area (Å²) in [5.41, 5.74) is 5.25. The second kappa shape index (κ2) is 3.00. The van der Waals surface area contributed by atoms with E-state index in [1.165, 1.54) is 22.3 Å². The molecule has 1 aromatic carbocycles. The summed E-state index contributed by atoms with van der Waals surface area (Å²) >= 11 is 0. The van der Waals surface area contributed by atoms with Crippen LogP contribution in [0.1, 0.15) is 29.7 Å². The zero-order chi connectivity index (χ0) is 9.42. The fourth-order valence-corrected chi connectivity index (χ4v) is 1.88. The Hall–Kier alpha value is -1.08. The number of hydrogen-bond acceptors (Lipinski definition) is 1. The largest absolute Gasteiger partial charge is 0.373 e. The lowest BCUT2D eigenvalue weighted by molar-refractivity contribution is 0.145. The second-order valence-electron chi connectivity index (χ2n) is 3.60. The fraction of sp³-hybridized carbons (Fsp3) is 0.333. The Kier molecular flexibility index (Phi) is 1.97. The predicted molar refractivity (Wildman–Crippen MR) is 54.6 cm³/mol. The van der Waals surface area contributed by atoms with Gasteiger partial charge >= 0.3 is 0 Å². The van der Waals surface area contributed by atoms with Gasteiger partial charge < -0.3 is 4.74 Å². The predicted octanol–water partition coefficient (Wildman–Crippen LogP) is 3.10. The molecule has 0 N–H and O–H groups in total. The number of methoxy groups -OCH3 is 1. The first-order valence-corrected chi connectivity index (χ1v) is 4.54. The van der Waals surface area contributed by atoms with E-state index in [0.29, 0.717) is 0 Å². The van der Waals surface area contributed by atoms with Gasteiger partial charge in [0.25, 0.3) is 0 Å².